The third kappa shape index (κ3) is 3.97. The molecule has 0 N–H and O–H groups in total. The smallest absolute Gasteiger partial charge is 0.0740 e. The molecule has 8 aromatic carbocycles. The molecule has 2 heteroatoms. The third-order valence-electron chi connectivity index (χ3n) is 11.0. The number of benzene rings is 8. The summed E-state index contributed by atoms with van der Waals surface area (Å²) in [6.07, 6.45) is 0. The fourth-order valence-corrected chi connectivity index (χ4v) is 10.3. The van der Waals surface area contributed by atoms with Crippen LogP contribution in [0.1, 0.15) is 22.3 Å². The van der Waals surface area contributed by atoms with Crippen LogP contribution in [0.2, 0.25) is 0 Å². The highest BCUT2D eigenvalue weighted by Gasteiger charge is 2.53. The van der Waals surface area contributed by atoms with Crippen LogP contribution >= 0.6 is 11.3 Å². The SMILES string of the molecule is c1ccc(N(c2cccc(-c3cccc4c3-c3ccccc3C43c4ccccc4-c4sc5ccccc5c43)c2)c2ccc3ccccc3c2)cc1. The Bertz CT molecular complexity index is 2830. The van der Waals surface area contributed by atoms with E-state index >= 15 is 0 Å². The molecule has 0 amide bonds. The topological polar surface area (TPSA) is 3.24 Å². The maximum absolute atomic E-state index is 2.40. The molecule has 51 heavy (non-hydrogen) atoms. The first-order valence-electron chi connectivity index (χ1n) is 17.6. The summed E-state index contributed by atoms with van der Waals surface area (Å²) >= 11 is 1.94. The maximum Gasteiger partial charge on any atom is 0.0740 e. The molecule has 238 valence electrons. The molecular weight excluding hydrogens is 635 g/mol. The van der Waals surface area contributed by atoms with Gasteiger partial charge in [-0.15, -0.1) is 11.3 Å². The van der Waals surface area contributed by atoms with Crippen LogP contribution in [-0.4, -0.2) is 0 Å². The lowest BCUT2D eigenvalue weighted by Crippen LogP contribution is -2.25. The standard InChI is InChI=1S/C49H31NS/c1-2-17-35(18-3-1)50(37-29-28-32-14-4-5-15-33(32)30-37)36-19-12-16-34(31-36)38-23-13-26-44-46(38)39-20-6-9-24-42(39)49(44)43-25-10-7-21-40(43)48-47(49)41-22-8-11-27-45(41)51-48/h1-31H. The Kier molecular flexibility index (Phi) is 6.11. The monoisotopic (exact) mass is 665 g/mol. The highest BCUT2D eigenvalue weighted by Crippen LogP contribution is 2.66. The first-order chi connectivity index (χ1) is 25.3. The Morgan fingerprint density at radius 2 is 1.04 bits per heavy atom. The second kappa shape index (κ2) is 10.9. The number of hydrogen-bond donors (Lipinski definition) is 0. The Morgan fingerprint density at radius 3 is 1.92 bits per heavy atom. The predicted molar refractivity (Wildman–Crippen MR) is 216 cm³/mol. The summed E-state index contributed by atoms with van der Waals surface area (Å²) in [5.74, 6) is 0. The van der Waals surface area contributed by atoms with E-state index in [0.717, 1.165) is 17.1 Å². The molecule has 0 saturated heterocycles. The van der Waals surface area contributed by atoms with Gasteiger partial charge in [0, 0.05) is 26.6 Å². The molecule has 0 bridgehead atoms. The first-order valence-corrected chi connectivity index (χ1v) is 18.4. The van der Waals surface area contributed by atoms with Gasteiger partial charge in [0.1, 0.15) is 0 Å². The number of thiophene rings is 1. The molecule has 1 aromatic heterocycles. The molecule has 2 aliphatic carbocycles. The number of para-hydroxylation sites is 1. The van der Waals surface area contributed by atoms with Crippen molar-refractivity contribution in [3.63, 3.8) is 0 Å². The quantitative estimate of drug-likeness (QED) is 0.181. The zero-order chi connectivity index (χ0) is 33.5. The Labute approximate surface area is 301 Å². The van der Waals surface area contributed by atoms with Crippen LogP contribution in [0.5, 0.6) is 0 Å². The minimum atomic E-state index is -0.383. The van der Waals surface area contributed by atoms with Gasteiger partial charge in [-0.25, -0.2) is 0 Å². The van der Waals surface area contributed by atoms with E-state index in [1.165, 1.54) is 75.8 Å². The van der Waals surface area contributed by atoms with Crippen LogP contribution < -0.4 is 4.90 Å². The molecule has 11 rings (SSSR count). The summed E-state index contributed by atoms with van der Waals surface area (Å²) in [5.41, 5.74) is 15.1. The molecule has 0 aliphatic heterocycles. The molecule has 0 fully saturated rings. The summed E-state index contributed by atoms with van der Waals surface area (Å²) < 4.78 is 1.35. The van der Waals surface area contributed by atoms with Crippen molar-refractivity contribution in [3.05, 3.63) is 210 Å². The van der Waals surface area contributed by atoms with Crippen LogP contribution in [0.3, 0.4) is 0 Å². The van der Waals surface area contributed by atoms with Gasteiger partial charge in [0.15, 0.2) is 0 Å². The number of nitrogens with zero attached hydrogens (tertiary/aromatic N) is 1. The Balaban J connectivity index is 1.16. The highest BCUT2D eigenvalue weighted by molar-refractivity contribution is 7.22. The maximum atomic E-state index is 2.40. The molecular formula is C49H31NS. The molecule has 0 radical (unpaired) electrons. The van der Waals surface area contributed by atoms with Crippen molar-refractivity contribution in [2.45, 2.75) is 5.41 Å². The van der Waals surface area contributed by atoms with E-state index in [0.29, 0.717) is 0 Å². The van der Waals surface area contributed by atoms with Gasteiger partial charge in [-0.2, -0.15) is 0 Å². The summed E-state index contributed by atoms with van der Waals surface area (Å²) in [4.78, 5) is 3.78. The normalized spacial score (nSPS) is 15.1. The van der Waals surface area contributed by atoms with Crippen molar-refractivity contribution in [1.29, 1.82) is 0 Å². The van der Waals surface area contributed by atoms with Gasteiger partial charge in [0.2, 0.25) is 0 Å². The molecule has 1 unspecified atom stereocenters. The number of hydrogen-bond acceptors (Lipinski definition) is 2. The molecule has 1 spiro atoms. The van der Waals surface area contributed by atoms with Crippen molar-refractivity contribution in [3.8, 4) is 32.7 Å². The summed E-state index contributed by atoms with van der Waals surface area (Å²) in [6, 6.07) is 69.5. The number of fused-ring (bicyclic) bond motifs is 13. The average Bonchev–Trinajstić information content (AvgIpc) is 3.82. The van der Waals surface area contributed by atoms with Gasteiger partial charge in [0.05, 0.1) is 5.41 Å². The lowest BCUT2D eigenvalue weighted by Gasteiger charge is -2.30. The van der Waals surface area contributed by atoms with E-state index < -0.39 is 0 Å². The van der Waals surface area contributed by atoms with Crippen LogP contribution in [0, 0.1) is 0 Å². The molecule has 1 nitrogen and oxygen atoms in total. The van der Waals surface area contributed by atoms with Crippen molar-refractivity contribution in [2.75, 3.05) is 4.90 Å². The van der Waals surface area contributed by atoms with E-state index in [1.54, 1.807) is 0 Å². The van der Waals surface area contributed by atoms with E-state index in [4.69, 9.17) is 0 Å². The van der Waals surface area contributed by atoms with Crippen molar-refractivity contribution in [1.82, 2.24) is 0 Å². The first kappa shape index (κ1) is 28.6. The zero-order valence-electron chi connectivity index (χ0n) is 27.8. The highest BCUT2D eigenvalue weighted by atomic mass is 32.1. The largest absolute Gasteiger partial charge is 0.310 e. The van der Waals surface area contributed by atoms with Crippen molar-refractivity contribution in [2.24, 2.45) is 0 Å². The molecule has 2 aliphatic rings. The van der Waals surface area contributed by atoms with Crippen LogP contribution in [0.15, 0.2) is 188 Å². The summed E-state index contributed by atoms with van der Waals surface area (Å²) in [7, 11) is 0. The molecule has 9 aromatic rings. The van der Waals surface area contributed by atoms with Gasteiger partial charge in [-0.1, -0.05) is 146 Å². The lowest BCUT2D eigenvalue weighted by atomic mass is 9.70. The Morgan fingerprint density at radius 1 is 0.412 bits per heavy atom. The summed E-state index contributed by atoms with van der Waals surface area (Å²) in [5, 5.41) is 3.83. The molecule has 1 atom stereocenters. The Hall–Kier alpha value is -6.22. The van der Waals surface area contributed by atoms with E-state index in [2.05, 4.69) is 193 Å². The van der Waals surface area contributed by atoms with Gasteiger partial charge in [-0.3, -0.25) is 0 Å². The second-order valence-corrected chi connectivity index (χ2v) is 14.7. The van der Waals surface area contributed by atoms with Crippen LogP contribution in [0.4, 0.5) is 17.1 Å². The fraction of sp³-hybridized carbons (Fsp3) is 0.0204. The summed E-state index contributed by atoms with van der Waals surface area (Å²) in [6.45, 7) is 0. The fourth-order valence-electron chi connectivity index (χ4n) is 9.03. The van der Waals surface area contributed by atoms with E-state index in [9.17, 15) is 0 Å². The average molecular weight is 666 g/mol. The van der Waals surface area contributed by atoms with E-state index in [-0.39, 0.29) is 5.41 Å². The zero-order valence-corrected chi connectivity index (χ0v) is 28.6. The van der Waals surface area contributed by atoms with Crippen LogP contribution in [-0.2, 0) is 5.41 Å². The minimum Gasteiger partial charge on any atom is -0.310 e. The second-order valence-electron chi connectivity index (χ2n) is 13.6. The van der Waals surface area contributed by atoms with Crippen molar-refractivity contribution >= 4 is 49.3 Å². The lowest BCUT2D eigenvalue weighted by molar-refractivity contribution is 0.803. The van der Waals surface area contributed by atoms with Crippen LogP contribution in [0.25, 0.3) is 53.6 Å². The van der Waals surface area contributed by atoms with Gasteiger partial charge >= 0.3 is 0 Å². The van der Waals surface area contributed by atoms with Crippen molar-refractivity contribution < 1.29 is 0 Å². The van der Waals surface area contributed by atoms with E-state index in [1.807, 2.05) is 11.3 Å². The molecule has 1 heterocycles. The minimum absolute atomic E-state index is 0.383. The molecule has 0 saturated carbocycles. The van der Waals surface area contributed by atoms with Gasteiger partial charge < -0.3 is 4.90 Å². The number of rotatable bonds is 4. The van der Waals surface area contributed by atoms with Gasteiger partial charge in [0.25, 0.3) is 0 Å². The predicted octanol–water partition coefficient (Wildman–Crippen LogP) is 13.5. The third-order valence-corrected chi connectivity index (χ3v) is 12.2. The van der Waals surface area contributed by atoms with Gasteiger partial charge in [-0.05, 0) is 109 Å². The number of anilines is 3.